The normalized spacial score (nSPS) is 12.1. The molecule has 0 radical (unpaired) electrons. The average Bonchev–Trinajstić information content (AvgIpc) is 2.65. The Bertz CT molecular complexity index is 881. The number of hydrogen-bond acceptors (Lipinski definition) is 5. The zero-order valence-corrected chi connectivity index (χ0v) is 16.6. The average molecular weight is 392 g/mol. The maximum Gasteiger partial charge on any atom is 0.261 e. The standard InChI is InChI=1S/C19H24N2O5S/c1-14(19(22)20-13-15-7-5-6-8-18(15)25-3)26-17-11-9-16(10-12-17)21(2)27(4,23)24/h5-12,14H,13H2,1-4H3,(H,20,22)/t14-/m0/s1. The minimum absolute atomic E-state index is 0.266. The Morgan fingerprint density at radius 3 is 2.37 bits per heavy atom. The number of hydrogen-bond donors (Lipinski definition) is 1. The van der Waals surface area contributed by atoms with Crippen molar-refractivity contribution in [3.63, 3.8) is 0 Å². The van der Waals surface area contributed by atoms with Gasteiger partial charge in [-0.2, -0.15) is 0 Å². The van der Waals surface area contributed by atoms with E-state index in [1.807, 2.05) is 24.3 Å². The minimum atomic E-state index is -3.33. The van der Waals surface area contributed by atoms with Gasteiger partial charge < -0.3 is 14.8 Å². The van der Waals surface area contributed by atoms with E-state index in [1.165, 1.54) is 11.4 Å². The fourth-order valence-corrected chi connectivity index (χ4v) is 2.86. The number of carbonyl (C=O) groups is 1. The summed E-state index contributed by atoms with van der Waals surface area (Å²) in [6.07, 6.45) is 0.421. The van der Waals surface area contributed by atoms with Crippen LogP contribution >= 0.6 is 0 Å². The van der Waals surface area contributed by atoms with Crippen molar-refractivity contribution in [3.8, 4) is 11.5 Å². The van der Waals surface area contributed by atoms with Gasteiger partial charge >= 0.3 is 0 Å². The summed E-state index contributed by atoms with van der Waals surface area (Å²) in [5.41, 5.74) is 1.38. The van der Waals surface area contributed by atoms with E-state index in [1.54, 1.807) is 38.3 Å². The Morgan fingerprint density at radius 1 is 1.15 bits per heavy atom. The molecule has 0 saturated carbocycles. The SMILES string of the molecule is COc1ccccc1CNC(=O)[C@H](C)Oc1ccc(N(C)S(C)(=O)=O)cc1. The number of ether oxygens (including phenoxy) is 2. The first kappa shape index (κ1) is 20.6. The summed E-state index contributed by atoms with van der Waals surface area (Å²) < 4.78 is 35.2. The highest BCUT2D eigenvalue weighted by molar-refractivity contribution is 7.92. The van der Waals surface area contributed by atoms with Crippen molar-refractivity contribution in [3.05, 3.63) is 54.1 Å². The van der Waals surface area contributed by atoms with Gasteiger partial charge in [0.25, 0.3) is 5.91 Å². The fourth-order valence-electron chi connectivity index (χ4n) is 2.36. The van der Waals surface area contributed by atoms with Crippen LogP contribution in [0, 0.1) is 0 Å². The Labute approximate surface area is 160 Å². The smallest absolute Gasteiger partial charge is 0.261 e. The second kappa shape index (κ2) is 8.77. The topological polar surface area (TPSA) is 84.9 Å². The first-order chi connectivity index (χ1) is 12.7. The van der Waals surface area contributed by atoms with Gasteiger partial charge in [-0.15, -0.1) is 0 Å². The Kier molecular flexibility index (Phi) is 6.68. The predicted molar refractivity (Wildman–Crippen MR) is 105 cm³/mol. The number of sulfonamides is 1. The summed E-state index contributed by atoms with van der Waals surface area (Å²) in [5.74, 6) is 0.913. The minimum Gasteiger partial charge on any atom is -0.496 e. The van der Waals surface area contributed by atoms with Gasteiger partial charge in [0, 0.05) is 19.2 Å². The molecular weight excluding hydrogens is 368 g/mol. The quantitative estimate of drug-likeness (QED) is 0.744. The molecule has 0 aliphatic rings. The molecule has 2 aromatic rings. The fraction of sp³-hybridized carbons (Fsp3) is 0.316. The van der Waals surface area contributed by atoms with Crippen LogP contribution in [0.1, 0.15) is 12.5 Å². The summed E-state index contributed by atoms with van der Waals surface area (Å²) in [5, 5.41) is 2.81. The molecular formula is C19H24N2O5S. The highest BCUT2D eigenvalue weighted by Crippen LogP contribution is 2.21. The summed E-state index contributed by atoms with van der Waals surface area (Å²) in [4.78, 5) is 12.3. The molecule has 146 valence electrons. The molecule has 0 bridgehead atoms. The highest BCUT2D eigenvalue weighted by atomic mass is 32.2. The molecule has 0 spiro atoms. The summed E-state index contributed by atoms with van der Waals surface area (Å²) in [6, 6.07) is 13.9. The van der Waals surface area contributed by atoms with Gasteiger partial charge in [-0.05, 0) is 37.3 Å². The number of carbonyl (C=O) groups excluding carboxylic acids is 1. The molecule has 0 aromatic heterocycles. The number of rotatable bonds is 8. The molecule has 8 heteroatoms. The van der Waals surface area contributed by atoms with Gasteiger partial charge in [-0.1, -0.05) is 18.2 Å². The van der Waals surface area contributed by atoms with Gasteiger partial charge in [-0.25, -0.2) is 8.42 Å². The first-order valence-electron chi connectivity index (χ1n) is 8.32. The predicted octanol–water partition coefficient (Wildman–Crippen LogP) is 2.17. The largest absolute Gasteiger partial charge is 0.496 e. The van der Waals surface area contributed by atoms with Crippen LogP contribution in [-0.4, -0.2) is 40.8 Å². The molecule has 2 rings (SSSR count). The maximum absolute atomic E-state index is 12.3. The summed E-state index contributed by atoms with van der Waals surface area (Å²) in [6.45, 7) is 1.97. The van der Waals surface area contributed by atoms with Gasteiger partial charge in [0.15, 0.2) is 6.10 Å². The monoisotopic (exact) mass is 392 g/mol. The lowest BCUT2D eigenvalue weighted by atomic mass is 10.2. The van der Waals surface area contributed by atoms with Gasteiger partial charge in [-0.3, -0.25) is 9.10 Å². The van der Waals surface area contributed by atoms with E-state index in [9.17, 15) is 13.2 Å². The zero-order valence-electron chi connectivity index (χ0n) is 15.8. The van der Waals surface area contributed by atoms with Crippen LogP contribution in [0.25, 0.3) is 0 Å². The third-order valence-electron chi connectivity index (χ3n) is 4.03. The summed E-state index contributed by atoms with van der Waals surface area (Å²) >= 11 is 0. The van der Waals surface area contributed by atoms with Gasteiger partial charge in [0.1, 0.15) is 11.5 Å². The van der Waals surface area contributed by atoms with Crippen molar-refractivity contribution >= 4 is 21.6 Å². The lowest BCUT2D eigenvalue weighted by Gasteiger charge is -2.18. The Balaban J connectivity index is 1.94. The van der Waals surface area contributed by atoms with Crippen LogP contribution in [0.4, 0.5) is 5.69 Å². The van der Waals surface area contributed by atoms with Gasteiger partial charge in [0.05, 0.1) is 19.1 Å². The Hall–Kier alpha value is -2.74. The third-order valence-corrected chi connectivity index (χ3v) is 5.23. The van der Waals surface area contributed by atoms with Crippen molar-refractivity contribution in [2.45, 2.75) is 19.6 Å². The molecule has 7 nitrogen and oxygen atoms in total. The molecule has 0 fully saturated rings. The van der Waals surface area contributed by atoms with Crippen molar-refractivity contribution in [2.75, 3.05) is 24.7 Å². The molecule has 1 N–H and O–H groups in total. The lowest BCUT2D eigenvalue weighted by molar-refractivity contribution is -0.127. The van der Waals surface area contributed by atoms with E-state index in [2.05, 4.69) is 5.32 Å². The van der Waals surface area contributed by atoms with E-state index in [0.717, 1.165) is 11.8 Å². The summed E-state index contributed by atoms with van der Waals surface area (Å²) in [7, 11) is -0.275. The third kappa shape index (κ3) is 5.62. The Morgan fingerprint density at radius 2 is 1.78 bits per heavy atom. The van der Waals surface area contributed by atoms with Crippen LogP contribution in [0.2, 0.25) is 0 Å². The van der Waals surface area contributed by atoms with Crippen molar-refractivity contribution < 1.29 is 22.7 Å². The maximum atomic E-state index is 12.3. The van der Waals surface area contributed by atoms with Gasteiger partial charge in [0.2, 0.25) is 10.0 Å². The molecule has 0 saturated heterocycles. The van der Waals surface area contributed by atoms with Crippen LogP contribution in [0.15, 0.2) is 48.5 Å². The van der Waals surface area contributed by atoms with Crippen molar-refractivity contribution in [1.29, 1.82) is 0 Å². The van der Waals surface area contributed by atoms with E-state index in [0.29, 0.717) is 23.7 Å². The van der Waals surface area contributed by atoms with E-state index in [4.69, 9.17) is 9.47 Å². The van der Waals surface area contributed by atoms with E-state index in [-0.39, 0.29) is 5.91 Å². The van der Waals surface area contributed by atoms with Crippen LogP contribution in [0.5, 0.6) is 11.5 Å². The van der Waals surface area contributed by atoms with Crippen molar-refractivity contribution in [1.82, 2.24) is 5.32 Å². The second-order valence-electron chi connectivity index (χ2n) is 6.01. The number of nitrogens with one attached hydrogen (secondary N) is 1. The molecule has 0 aliphatic heterocycles. The molecule has 1 amide bonds. The van der Waals surface area contributed by atoms with Crippen LogP contribution < -0.4 is 19.1 Å². The van der Waals surface area contributed by atoms with E-state index >= 15 is 0 Å². The molecule has 0 unspecified atom stereocenters. The number of para-hydroxylation sites is 1. The van der Waals surface area contributed by atoms with Crippen LogP contribution in [0.3, 0.4) is 0 Å². The molecule has 0 heterocycles. The number of methoxy groups -OCH3 is 1. The molecule has 1 atom stereocenters. The number of nitrogens with zero attached hydrogens (tertiary/aromatic N) is 1. The van der Waals surface area contributed by atoms with Crippen LogP contribution in [-0.2, 0) is 21.4 Å². The number of amides is 1. The van der Waals surface area contributed by atoms with Crippen molar-refractivity contribution in [2.24, 2.45) is 0 Å². The molecule has 0 aliphatic carbocycles. The zero-order chi connectivity index (χ0) is 20.0. The highest BCUT2D eigenvalue weighted by Gasteiger charge is 2.16. The number of benzene rings is 2. The first-order valence-corrected chi connectivity index (χ1v) is 10.2. The lowest BCUT2D eigenvalue weighted by Crippen LogP contribution is -2.36. The second-order valence-corrected chi connectivity index (χ2v) is 8.03. The molecule has 27 heavy (non-hydrogen) atoms. The van der Waals surface area contributed by atoms with E-state index < -0.39 is 16.1 Å². The molecule has 2 aromatic carbocycles. The number of anilines is 1.